The number of H-pyrrole nitrogens is 2. The Balaban J connectivity index is 1.55. The van der Waals surface area contributed by atoms with Crippen LogP contribution in [0.4, 0.5) is 0 Å². The number of nitrogens with one attached hydrogen (secondary N) is 2. The molecule has 2 aromatic heterocycles. The molecule has 0 fully saturated rings. The number of benzene rings is 1. The summed E-state index contributed by atoms with van der Waals surface area (Å²) in [5.74, 6) is 0.208. The highest BCUT2D eigenvalue weighted by Gasteiger charge is 2.12. The van der Waals surface area contributed by atoms with Gasteiger partial charge in [-0.3, -0.25) is 14.6 Å². The Labute approximate surface area is 154 Å². The lowest BCUT2D eigenvalue weighted by Crippen LogP contribution is -2.27. The third-order valence-corrected chi connectivity index (χ3v) is 4.19. The molecule has 2 heterocycles. The molecule has 3 rings (SSSR count). The Kier molecular flexibility index (Phi) is 5.65. The van der Waals surface area contributed by atoms with Crippen LogP contribution in [0.3, 0.4) is 0 Å². The van der Waals surface area contributed by atoms with E-state index in [4.69, 9.17) is 4.74 Å². The molecule has 0 atom stereocenters. The van der Waals surface area contributed by atoms with Gasteiger partial charge in [-0.25, -0.2) is 9.78 Å². The molecule has 0 spiro atoms. The highest BCUT2D eigenvalue weighted by Crippen LogP contribution is 2.08. The Morgan fingerprint density at radius 3 is 2.70 bits per heavy atom. The van der Waals surface area contributed by atoms with Crippen LogP contribution >= 0.6 is 0 Å². The molecule has 0 amide bonds. The van der Waals surface area contributed by atoms with Crippen LogP contribution in [0.1, 0.15) is 29.1 Å². The van der Waals surface area contributed by atoms with Gasteiger partial charge < -0.3 is 14.3 Å². The van der Waals surface area contributed by atoms with Gasteiger partial charge in [0, 0.05) is 36.6 Å². The lowest BCUT2D eigenvalue weighted by Gasteiger charge is -2.09. The summed E-state index contributed by atoms with van der Waals surface area (Å²) >= 11 is 0. The predicted octanol–water partition coefficient (Wildman–Crippen LogP) is 1.29. The molecule has 0 saturated carbocycles. The zero-order valence-corrected chi connectivity index (χ0v) is 14.9. The van der Waals surface area contributed by atoms with Crippen molar-refractivity contribution in [2.45, 2.75) is 32.9 Å². The summed E-state index contributed by atoms with van der Waals surface area (Å²) < 4.78 is 7.20. The first kappa shape index (κ1) is 18.4. The number of rotatable bonds is 7. The van der Waals surface area contributed by atoms with Crippen molar-refractivity contribution in [1.82, 2.24) is 19.5 Å². The van der Waals surface area contributed by atoms with Crippen molar-refractivity contribution in [3.05, 3.63) is 86.2 Å². The minimum absolute atomic E-state index is 0.0371. The first-order valence-electron chi connectivity index (χ1n) is 8.54. The molecule has 27 heavy (non-hydrogen) atoms. The molecule has 140 valence electrons. The van der Waals surface area contributed by atoms with Crippen molar-refractivity contribution in [3.8, 4) is 0 Å². The summed E-state index contributed by atoms with van der Waals surface area (Å²) in [6.07, 6.45) is 3.72. The molecule has 2 N–H and O–H groups in total. The van der Waals surface area contributed by atoms with Crippen LogP contribution < -0.4 is 11.2 Å². The van der Waals surface area contributed by atoms with Crippen LogP contribution in [0.5, 0.6) is 0 Å². The molecular weight excluding hydrogens is 348 g/mol. The lowest BCUT2D eigenvalue weighted by atomic mass is 10.1. The summed E-state index contributed by atoms with van der Waals surface area (Å²) in [5.41, 5.74) is 0.902. The molecule has 0 bridgehead atoms. The van der Waals surface area contributed by atoms with Crippen molar-refractivity contribution >= 4 is 5.97 Å². The van der Waals surface area contributed by atoms with E-state index in [1.807, 2.05) is 41.1 Å². The molecule has 8 nitrogen and oxygen atoms in total. The van der Waals surface area contributed by atoms with E-state index in [2.05, 4.69) is 15.0 Å². The van der Waals surface area contributed by atoms with Crippen LogP contribution in [0, 0.1) is 6.92 Å². The summed E-state index contributed by atoms with van der Waals surface area (Å²) in [7, 11) is 0. The van der Waals surface area contributed by atoms with E-state index in [1.54, 1.807) is 13.1 Å². The minimum Gasteiger partial charge on any atom is -0.457 e. The first-order valence-corrected chi connectivity index (χ1v) is 8.54. The van der Waals surface area contributed by atoms with Gasteiger partial charge in [-0.1, -0.05) is 30.3 Å². The second-order valence-corrected chi connectivity index (χ2v) is 6.13. The number of nitrogens with zero attached hydrogens (tertiary/aromatic N) is 2. The number of aromatic nitrogens is 4. The van der Waals surface area contributed by atoms with Crippen molar-refractivity contribution < 1.29 is 9.53 Å². The Morgan fingerprint density at radius 2 is 1.96 bits per heavy atom. The van der Waals surface area contributed by atoms with E-state index in [0.29, 0.717) is 23.6 Å². The number of aryl methyl sites for hydroxylation is 1. The molecule has 0 aliphatic rings. The number of ether oxygens (including phenoxy) is 1. The third-order valence-electron chi connectivity index (χ3n) is 4.19. The minimum atomic E-state index is -0.561. The molecular formula is C19H20N4O4. The van der Waals surface area contributed by atoms with Gasteiger partial charge in [-0.15, -0.1) is 0 Å². The Morgan fingerprint density at radius 1 is 1.19 bits per heavy atom. The van der Waals surface area contributed by atoms with E-state index >= 15 is 0 Å². The van der Waals surface area contributed by atoms with Gasteiger partial charge >= 0.3 is 11.7 Å². The van der Waals surface area contributed by atoms with Gasteiger partial charge in [0.25, 0.3) is 5.56 Å². The molecule has 0 aliphatic heterocycles. The average molecular weight is 368 g/mol. The van der Waals surface area contributed by atoms with E-state index in [-0.39, 0.29) is 19.4 Å². The van der Waals surface area contributed by atoms with Crippen molar-refractivity contribution in [1.29, 1.82) is 0 Å². The SMILES string of the molecule is Cc1[nH]c(=O)[nH]c(=O)c1CCC(=O)OCc1nccn1Cc1ccccc1. The standard InChI is InChI=1S/C19H20N4O4/c1-13-15(18(25)22-19(26)21-13)7-8-17(24)27-12-16-20-9-10-23(16)11-14-5-3-2-4-6-14/h2-6,9-10H,7-8,11-12H2,1H3,(H2,21,22,25,26). The number of carbonyl (C=O) groups is 1. The summed E-state index contributed by atoms with van der Waals surface area (Å²) in [6, 6.07) is 9.91. The largest absolute Gasteiger partial charge is 0.457 e. The number of hydrogen-bond acceptors (Lipinski definition) is 5. The maximum atomic E-state index is 12.0. The summed E-state index contributed by atoms with van der Waals surface area (Å²) in [6.45, 7) is 2.32. The molecule has 1 aromatic carbocycles. The van der Waals surface area contributed by atoms with Gasteiger partial charge in [-0.2, -0.15) is 0 Å². The highest BCUT2D eigenvalue weighted by molar-refractivity contribution is 5.69. The molecule has 0 radical (unpaired) electrons. The van der Waals surface area contributed by atoms with Gasteiger partial charge in [-0.05, 0) is 18.9 Å². The normalized spacial score (nSPS) is 10.7. The summed E-state index contributed by atoms with van der Waals surface area (Å²) in [5, 5.41) is 0. The second-order valence-electron chi connectivity index (χ2n) is 6.13. The van der Waals surface area contributed by atoms with Crippen LogP contribution in [0.25, 0.3) is 0 Å². The monoisotopic (exact) mass is 368 g/mol. The molecule has 0 unspecified atom stereocenters. The van der Waals surface area contributed by atoms with E-state index in [1.165, 1.54) is 0 Å². The van der Waals surface area contributed by atoms with Crippen molar-refractivity contribution in [2.24, 2.45) is 0 Å². The number of imidazole rings is 1. The smallest absolute Gasteiger partial charge is 0.325 e. The quantitative estimate of drug-likeness (QED) is 0.611. The molecule has 3 aromatic rings. The highest BCUT2D eigenvalue weighted by atomic mass is 16.5. The van der Waals surface area contributed by atoms with E-state index in [9.17, 15) is 14.4 Å². The molecule has 8 heteroatoms. The fraction of sp³-hybridized carbons (Fsp3) is 0.263. The van der Waals surface area contributed by atoms with Crippen LogP contribution in [-0.2, 0) is 29.1 Å². The molecule has 0 aliphatic carbocycles. The van der Waals surface area contributed by atoms with Gasteiger partial charge in [0.15, 0.2) is 0 Å². The van der Waals surface area contributed by atoms with Crippen molar-refractivity contribution in [2.75, 3.05) is 0 Å². The van der Waals surface area contributed by atoms with E-state index < -0.39 is 17.2 Å². The fourth-order valence-corrected chi connectivity index (χ4v) is 2.78. The van der Waals surface area contributed by atoms with Gasteiger partial charge in [0.05, 0.1) is 0 Å². The zero-order valence-electron chi connectivity index (χ0n) is 14.9. The lowest BCUT2D eigenvalue weighted by molar-refractivity contribution is -0.145. The van der Waals surface area contributed by atoms with E-state index in [0.717, 1.165) is 5.56 Å². The van der Waals surface area contributed by atoms with Crippen molar-refractivity contribution in [3.63, 3.8) is 0 Å². The predicted molar refractivity (Wildman–Crippen MR) is 98.3 cm³/mol. The zero-order chi connectivity index (χ0) is 19.2. The van der Waals surface area contributed by atoms with Gasteiger partial charge in [0.1, 0.15) is 12.4 Å². The fourth-order valence-electron chi connectivity index (χ4n) is 2.78. The summed E-state index contributed by atoms with van der Waals surface area (Å²) in [4.78, 5) is 43.9. The van der Waals surface area contributed by atoms with Gasteiger partial charge in [0.2, 0.25) is 0 Å². The van der Waals surface area contributed by atoms with Crippen LogP contribution in [0.2, 0.25) is 0 Å². The maximum absolute atomic E-state index is 12.0. The maximum Gasteiger partial charge on any atom is 0.325 e. The number of aromatic amines is 2. The number of carbonyl (C=O) groups excluding carboxylic acids is 1. The number of esters is 1. The molecule has 0 saturated heterocycles. The topological polar surface area (TPSA) is 110 Å². The third kappa shape index (κ3) is 4.81. The Bertz CT molecular complexity index is 1030. The average Bonchev–Trinajstić information content (AvgIpc) is 3.07. The van der Waals surface area contributed by atoms with Crippen LogP contribution in [0.15, 0.2) is 52.3 Å². The number of hydrogen-bond donors (Lipinski definition) is 2. The first-order chi connectivity index (χ1) is 13.0. The van der Waals surface area contributed by atoms with Crippen LogP contribution in [-0.4, -0.2) is 25.5 Å². The Hall–Kier alpha value is -3.42. The second kappa shape index (κ2) is 8.31.